The Labute approximate surface area is 287 Å². The second-order valence-electron chi connectivity index (χ2n) is 14.3. The van der Waals surface area contributed by atoms with Crippen LogP contribution in [0, 0.1) is 17.3 Å². The highest BCUT2D eigenvalue weighted by atomic mass is 16.6. The molecular formula is C37H49N5O7. The summed E-state index contributed by atoms with van der Waals surface area (Å²) in [6, 6.07) is 7.68. The third kappa shape index (κ3) is 8.29. The minimum absolute atomic E-state index is 0.253. The fourth-order valence-corrected chi connectivity index (χ4v) is 6.55. The van der Waals surface area contributed by atoms with Crippen molar-refractivity contribution in [2.24, 2.45) is 17.3 Å². The molecular weight excluding hydrogens is 626 g/mol. The number of carbonyl (C=O) groups excluding carboxylic acids is 5. The Bertz CT molecular complexity index is 1610. The fraction of sp³-hybridized carbons (Fsp3) is 0.568. The van der Waals surface area contributed by atoms with Crippen molar-refractivity contribution in [1.82, 2.24) is 26.1 Å². The van der Waals surface area contributed by atoms with Crippen molar-refractivity contribution in [2.45, 2.75) is 110 Å². The SMILES string of the molecule is CC(C)C(=O)OC1CCC2(/C=C\c3ccc4ccc(nc4c3)[C@@H](C)NC(=O)[C@@H]3CCCN(N3)C(=O)[C@H](C)NC(=O)[C@@H](C(C)C)OC2=O)CC1. The van der Waals surface area contributed by atoms with Gasteiger partial charge in [0.05, 0.1) is 28.6 Å². The summed E-state index contributed by atoms with van der Waals surface area (Å²) < 4.78 is 11.7. The predicted octanol–water partition coefficient (Wildman–Crippen LogP) is 4.14. The van der Waals surface area contributed by atoms with Gasteiger partial charge in [-0.15, -0.1) is 0 Å². The van der Waals surface area contributed by atoms with E-state index in [9.17, 15) is 24.0 Å². The number of cyclic esters (lactones) is 1. The van der Waals surface area contributed by atoms with E-state index in [-0.39, 0.29) is 29.8 Å². The number of fused-ring (bicyclic) bond motifs is 4. The van der Waals surface area contributed by atoms with Crippen LogP contribution in [0.15, 0.2) is 36.4 Å². The number of carbonyl (C=O) groups is 5. The number of ether oxygens (including phenoxy) is 2. The van der Waals surface area contributed by atoms with Crippen LogP contribution in [0.3, 0.4) is 0 Å². The maximum absolute atomic E-state index is 14.2. The Morgan fingerprint density at radius 2 is 1.65 bits per heavy atom. The van der Waals surface area contributed by atoms with Crippen LogP contribution < -0.4 is 16.1 Å². The van der Waals surface area contributed by atoms with E-state index >= 15 is 0 Å². The van der Waals surface area contributed by atoms with Gasteiger partial charge in [-0.3, -0.25) is 34.0 Å². The molecule has 5 rings (SSSR count). The van der Waals surface area contributed by atoms with Gasteiger partial charge in [0, 0.05) is 11.9 Å². The second-order valence-corrected chi connectivity index (χ2v) is 14.3. The van der Waals surface area contributed by atoms with Crippen LogP contribution in [0.4, 0.5) is 0 Å². The molecule has 1 aliphatic carbocycles. The summed E-state index contributed by atoms with van der Waals surface area (Å²) in [5.41, 5.74) is 4.19. The van der Waals surface area contributed by atoms with Crippen LogP contribution in [0.2, 0.25) is 0 Å². The molecule has 0 radical (unpaired) electrons. The molecule has 3 aliphatic rings. The molecule has 1 saturated carbocycles. The zero-order valence-electron chi connectivity index (χ0n) is 29.3. The van der Waals surface area contributed by atoms with Crippen molar-refractivity contribution in [3.63, 3.8) is 0 Å². The molecule has 3 heterocycles. The second kappa shape index (κ2) is 15.1. The number of hydrogen-bond donors (Lipinski definition) is 3. The van der Waals surface area contributed by atoms with E-state index in [4.69, 9.17) is 14.5 Å². The highest BCUT2D eigenvalue weighted by Gasteiger charge is 2.44. The van der Waals surface area contributed by atoms with Gasteiger partial charge in [0.2, 0.25) is 5.91 Å². The number of hydrogen-bond acceptors (Lipinski definition) is 9. The van der Waals surface area contributed by atoms with Gasteiger partial charge in [0.15, 0.2) is 6.10 Å². The molecule has 12 heteroatoms. The molecule has 2 aromatic rings. The van der Waals surface area contributed by atoms with Gasteiger partial charge in [0.25, 0.3) is 11.8 Å². The van der Waals surface area contributed by atoms with Gasteiger partial charge < -0.3 is 20.1 Å². The minimum atomic E-state index is -1.16. The molecule has 4 atom stereocenters. The van der Waals surface area contributed by atoms with Crippen molar-refractivity contribution >= 4 is 46.6 Å². The lowest BCUT2D eigenvalue weighted by Crippen LogP contribution is -2.61. The molecule has 1 aromatic carbocycles. The van der Waals surface area contributed by atoms with Gasteiger partial charge in [-0.1, -0.05) is 58.0 Å². The number of rotatable bonds is 3. The van der Waals surface area contributed by atoms with E-state index in [0.717, 1.165) is 16.5 Å². The molecule has 12 nitrogen and oxygen atoms in total. The minimum Gasteiger partial charge on any atom is -0.462 e. The summed E-state index contributed by atoms with van der Waals surface area (Å²) in [6.07, 6.45) is 4.99. The number of hydrazine groups is 1. The van der Waals surface area contributed by atoms with Gasteiger partial charge in [-0.2, -0.15) is 0 Å². The summed E-state index contributed by atoms with van der Waals surface area (Å²) in [4.78, 5) is 71.7. The number of nitrogens with zero attached hydrogens (tertiary/aromatic N) is 2. The third-order valence-corrected chi connectivity index (χ3v) is 9.72. The molecule has 1 aromatic heterocycles. The standard InChI is InChI=1S/C37H49N5O7/c1-21(2)31-33(44)39-24(6)34(45)42-19-7-8-29(41-42)32(43)38-23(5)28-12-11-26-10-9-25(20-30(26)40-28)13-16-37(36(47)49-31)17-14-27(15-18-37)48-35(46)22(3)4/h9-13,16,20-24,27,29,31,41H,7-8,14-15,17-19H2,1-6H3,(H,38,43)(H,39,44)/b16-13-/t23-,24+,27?,29+,31-,37?/m1/s1. The van der Waals surface area contributed by atoms with Crippen LogP contribution in [-0.4, -0.2) is 70.5 Å². The van der Waals surface area contributed by atoms with Gasteiger partial charge >= 0.3 is 11.9 Å². The molecule has 3 amide bonds. The lowest BCUT2D eigenvalue weighted by Gasteiger charge is -2.37. The maximum atomic E-state index is 14.2. The van der Waals surface area contributed by atoms with Crippen molar-refractivity contribution in [3.8, 4) is 0 Å². The molecule has 2 fully saturated rings. The monoisotopic (exact) mass is 675 g/mol. The van der Waals surface area contributed by atoms with E-state index in [1.165, 1.54) is 5.01 Å². The fourth-order valence-electron chi connectivity index (χ4n) is 6.55. The highest BCUT2D eigenvalue weighted by molar-refractivity contribution is 5.92. The summed E-state index contributed by atoms with van der Waals surface area (Å²) in [6.45, 7) is 10.9. The van der Waals surface area contributed by atoms with Crippen molar-refractivity contribution in [2.75, 3.05) is 6.54 Å². The normalized spacial score (nSPS) is 29.5. The Morgan fingerprint density at radius 1 is 0.959 bits per heavy atom. The molecule has 2 aliphatic heterocycles. The van der Waals surface area contributed by atoms with E-state index in [1.807, 2.05) is 49.4 Å². The molecule has 0 unspecified atom stereocenters. The summed E-state index contributed by atoms with van der Waals surface area (Å²) >= 11 is 0. The predicted molar refractivity (Wildman–Crippen MR) is 183 cm³/mol. The number of benzene rings is 1. The third-order valence-electron chi connectivity index (χ3n) is 9.72. The molecule has 1 saturated heterocycles. The van der Waals surface area contributed by atoms with Crippen LogP contribution >= 0.6 is 0 Å². The molecule has 264 valence electrons. The summed E-state index contributed by atoms with van der Waals surface area (Å²) in [5, 5.41) is 8.07. The van der Waals surface area contributed by atoms with Crippen LogP contribution in [-0.2, 0) is 33.4 Å². The largest absolute Gasteiger partial charge is 0.462 e. The van der Waals surface area contributed by atoms with Crippen molar-refractivity contribution < 1.29 is 33.4 Å². The maximum Gasteiger partial charge on any atom is 0.316 e. The number of aromatic nitrogens is 1. The molecule has 49 heavy (non-hydrogen) atoms. The zero-order valence-corrected chi connectivity index (χ0v) is 29.3. The Kier molecular flexibility index (Phi) is 11.1. The van der Waals surface area contributed by atoms with Crippen LogP contribution in [0.5, 0.6) is 0 Å². The van der Waals surface area contributed by atoms with Crippen LogP contribution in [0.1, 0.15) is 97.4 Å². The van der Waals surface area contributed by atoms with Gasteiger partial charge in [0.1, 0.15) is 18.2 Å². The van der Waals surface area contributed by atoms with E-state index in [2.05, 4.69) is 16.1 Å². The van der Waals surface area contributed by atoms with E-state index in [1.54, 1.807) is 34.6 Å². The highest BCUT2D eigenvalue weighted by Crippen LogP contribution is 2.41. The summed E-state index contributed by atoms with van der Waals surface area (Å²) in [7, 11) is 0. The summed E-state index contributed by atoms with van der Waals surface area (Å²) in [5.74, 6) is -2.71. The first kappa shape index (κ1) is 36.0. The molecule has 5 bridgehead atoms. The Morgan fingerprint density at radius 3 is 2.35 bits per heavy atom. The number of pyridine rings is 1. The molecule has 3 N–H and O–H groups in total. The van der Waals surface area contributed by atoms with E-state index < -0.39 is 47.4 Å². The Hall–Kier alpha value is -4.32. The van der Waals surface area contributed by atoms with E-state index in [0.29, 0.717) is 50.8 Å². The Balaban J connectivity index is 1.51. The first-order valence-corrected chi connectivity index (χ1v) is 17.5. The zero-order chi connectivity index (χ0) is 35.5. The average Bonchev–Trinajstić information content (AvgIpc) is 3.08. The topological polar surface area (TPSA) is 156 Å². The number of esters is 2. The average molecular weight is 676 g/mol. The quantitative estimate of drug-likeness (QED) is 0.407. The number of amides is 3. The number of nitrogens with one attached hydrogen (secondary N) is 3. The molecule has 1 spiro atoms. The first-order chi connectivity index (χ1) is 23.3. The van der Waals surface area contributed by atoms with Crippen molar-refractivity contribution in [1.29, 1.82) is 0 Å². The van der Waals surface area contributed by atoms with Crippen molar-refractivity contribution in [3.05, 3.63) is 47.7 Å². The lowest BCUT2D eigenvalue weighted by atomic mass is 9.72. The van der Waals surface area contributed by atoms with Gasteiger partial charge in [-0.05, 0) is 76.0 Å². The smallest absolute Gasteiger partial charge is 0.316 e. The van der Waals surface area contributed by atoms with Crippen LogP contribution in [0.25, 0.3) is 17.0 Å². The first-order valence-electron chi connectivity index (χ1n) is 17.5. The lowest BCUT2D eigenvalue weighted by molar-refractivity contribution is -0.170. The van der Waals surface area contributed by atoms with Gasteiger partial charge in [-0.25, -0.2) is 5.43 Å².